The average Bonchev–Trinajstić information content (AvgIpc) is 2.70. The fourth-order valence-electron chi connectivity index (χ4n) is 0.982. The molecule has 0 bridgehead atoms. The van der Waals surface area contributed by atoms with Gasteiger partial charge in [0.25, 0.3) is 0 Å². The van der Waals surface area contributed by atoms with Crippen LogP contribution in [0.15, 0.2) is 17.5 Å². The molecule has 0 fully saturated rings. The molecule has 0 radical (unpaired) electrons. The Morgan fingerprint density at radius 2 is 2.33 bits per heavy atom. The van der Waals surface area contributed by atoms with Gasteiger partial charge in [0, 0.05) is 11.3 Å². The molecule has 0 saturated carbocycles. The predicted molar refractivity (Wildman–Crippen MR) is 62.1 cm³/mol. The first kappa shape index (κ1) is 12.2. The second-order valence-electron chi connectivity index (χ2n) is 3.84. The van der Waals surface area contributed by atoms with E-state index >= 15 is 0 Å². The highest BCUT2D eigenvalue weighted by molar-refractivity contribution is 7.09. The Bertz CT molecular complexity index is 306. The molecule has 1 aromatic heterocycles. The number of rotatable bonds is 5. The third-order valence-corrected chi connectivity index (χ3v) is 3.23. The highest BCUT2D eigenvalue weighted by Gasteiger charge is 2.26. The molecule has 0 spiro atoms. The predicted octanol–water partition coefficient (Wildman–Crippen LogP) is 1.83. The molecule has 4 heteroatoms. The number of likely N-dealkylation sites (N-methyl/N-ethyl adjacent to an activating group) is 1. The van der Waals surface area contributed by atoms with Gasteiger partial charge in [0.05, 0.1) is 6.61 Å². The zero-order valence-corrected chi connectivity index (χ0v) is 10.2. The summed E-state index contributed by atoms with van der Waals surface area (Å²) in [6.45, 7) is 4.06. The molecule has 0 atom stereocenters. The average molecular weight is 227 g/mol. The van der Waals surface area contributed by atoms with E-state index in [2.05, 4.69) is 5.32 Å². The quantitative estimate of drug-likeness (QED) is 0.780. The molecule has 84 valence electrons. The number of thiophene rings is 1. The SMILES string of the molecule is CNC(C)(C)C(=O)OCCc1cccs1. The Hall–Kier alpha value is -0.870. The minimum Gasteiger partial charge on any atom is -0.464 e. The van der Waals surface area contributed by atoms with Crippen molar-refractivity contribution >= 4 is 17.3 Å². The van der Waals surface area contributed by atoms with Crippen molar-refractivity contribution in [2.24, 2.45) is 0 Å². The summed E-state index contributed by atoms with van der Waals surface area (Å²) >= 11 is 1.68. The lowest BCUT2D eigenvalue weighted by Crippen LogP contribution is -2.45. The topological polar surface area (TPSA) is 38.3 Å². The standard InChI is InChI=1S/C11H17NO2S/c1-11(2,12-3)10(13)14-7-6-9-5-4-8-15-9/h4-5,8,12H,6-7H2,1-3H3. The largest absolute Gasteiger partial charge is 0.464 e. The maximum atomic E-state index is 11.5. The third kappa shape index (κ3) is 3.64. The Morgan fingerprint density at radius 3 is 2.87 bits per heavy atom. The molecule has 0 aromatic carbocycles. The van der Waals surface area contributed by atoms with Gasteiger partial charge in [-0.05, 0) is 32.3 Å². The van der Waals surface area contributed by atoms with Crippen LogP contribution in [0.25, 0.3) is 0 Å². The van der Waals surface area contributed by atoms with Crippen molar-refractivity contribution < 1.29 is 9.53 Å². The molecular formula is C11H17NO2S. The second-order valence-corrected chi connectivity index (χ2v) is 4.87. The number of nitrogens with one attached hydrogen (secondary N) is 1. The van der Waals surface area contributed by atoms with Crippen molar-refractivity contribution in [3.63, 3.8) is 0 Å². The van der Waals surface area contributed by atoms with Crippen LogP contribution in [0.5, 0.6) is 0 Å². The van der Waals surface area contributed by atoms with Crippen LogP contribution in [-0.2, 0) is 16.0 Å². The number of hydrogen-bond donors (Lipinski definition) is 1. The minimum absolute atomic E-state index is 0.207. The molecule has 0 aliphatic heterocycles. The fourth-order valence-corrected chi connectivity index (χ4v) is 1.67. The Morgan fingerprint density at radius 1 is 1.60 bits per heavy atom. The molecule has 3 nitrogen and oxygen atoms in total. The summed E-state index contributed by atoms with van der Waals surface area (Å²) < 4.78 is 5.18. The summed E-state index contributed by atoms with van der Waals surface area (Å²) in [5, 5.41) is 4.94. The van der Waals surface area contributed by atoms with Gasteiger partial charge in [-0.15, -0.1) is 11.3 Å². The van der Waals surface area contributed by atoms with E-state index in [1.165, 1.54) is 4.88 Å². The molecule has 0 unspecified atom stereocenters. The van der Waals surface area contributed by atoms with Crippen LogP contribution in [0.3, 0.4) is 0 Å². The summed E-state index contributed by atoms with van der Waals surface area (Å²) in [6.07, 6.45) is 0.795. The van der Waals surface area contributed by atoms with Crippen molar-refractivity contribution in [1.29, 1.82) is 0 Å². The Kier molecular flexibility index (Phi) is 4.29. The summed E-state index contributed by atoms with van der Waals surface area (Å²) in [5.41, 5.74) is -0.602. The molecule has 0 aliphatic rings. The lowest BCUT2D eigenvalue weighted by atomic mass is 10.1. The van der Waals surface area contributed by atoms with Crippen LogP contribution in [0, 0.1) is 0 Å². The lowest BCUT2D eigenvalue weighted by molar-refractivity contribution is -0.149. The van der Waals surface area contributed by atoms with Crippen molar-refractivity contribution in [3.05, 3.63) is 22.4 Å². The first-order chi connectivity index (χ1) is 7.06. The number of carbonyl (C=O) groups excluding carboxylic acids is 1. The van der Waals surface area contributed by atoms with E-state index in [0.29, 0.717) is 6.61 Å². The third-order valence-electron chi connectivity index (χ3n) is 2.30. The highest BCUT2D eigenvalue weighted by Crippen LogP contribution is 2.10. The maximum Gasteiger partial charge on any atom is 0.325 e. The fraction of sp³-hybridized carbons (Fsp3) is 0.545. The number of hydrogen-bond acceptors (Lipinski definition) is 4. The monoisotopic (exact) mass is 227 g/mol. The zero-order valence-electron chi connectivity index (χ0n) is 9.37. The van der Waals surface area contributed by atoms with E-state index < -0.39 is 5.54 Å². The van der Waals surface area contributed by atoms with E-state index in [4.69, 9.17) is 4.74 Å². The van der Waals surface area contributed by atoms with Crippen LogP contribution in [-0.4, -0.2) is 25.2 Å². The van der Waals surface area contributed by atoms with Crippen LogP contribution in [0.2, 0.25) is 0 Å². The van der Waals surface area contributed by atoms with Gasteiger partial charge >= 0.3 is 5.97 Å². The van der Waals surface area contributed by atoms with Crippen LogP contribution in [0.1, 0.15) is 18.7 Å². The van der Waals surface area contributed by atoms with Crippen LogP contribution < -0.4 is 5.32 Å². The Balaban J connectivity index is 2.29. The highest BCUT2D eigenvalue weighted by atomic mass is 32.1. The van der Waals surface area contributed by atoms with Crippen LogP contribution in [0.4, 0.5) is 0 Å². The van der Waals surface area contributed by atoms with Gasteiger partial charge in [-0.1, -0.05) is 6.07 Å². The molecule has 0 amide bonds. The van der Waals surface area contributed by atoms with Crippen molar-refractivity contribution in [3.8, 4) is 0 Å². The first-order valence-electron chi connectivity index (χ1n) is 4.95. The van der Waals surface area contributed by atoms with Gasteiger partial charge < -0.3 is 10.1 Å². The number of esters is 1. The van der Waals surface area contributed by atoms with Gasteiger partial charge in [-0.25, -0.2) is 0 Å². The molecule has 0 saturated heterocycles. The summed E-state index contributed by atoms with van der Waals surface area (Å²) in [5.74, 6) is -0.207. The van der Waals surface area contributed by atoms with Crippen molar-refractivity contribution in [2.45, 2.75) is 25.8 Å². The molecule has 1 heterocycles. The molecular weight excluding hydrogens is 210 g/mol. The van der Waals surface area contributed by atoms with Gasteiger partial charge in [0.15, 0.2) is 0 Å². The number of carbonyl (C=O) groups is 1. The first-order valence-corrected chi connectivity index (χ1v) is 5.83. The van der Waals surface area contributed by atoms with E-state index in [9.17, 15) is 4.79 Å². The maximum absolute atomic E-state index is 11.5. The molecule has 1 rings (SSSR count). The van der Waals surface area contributed by atoms with E-state index in [0.717, 1.165) is 6.42 Å². The van der Waals surface area contributed by atoms with E-state index in [1.54, 1.807) is 32.2 Å². The Labute approximate surface area is 94.5 Å². The molecule has 0 aliphatic carbocycles. The molecule has 1 N–H and O–H groups in total. The van der Waals surface area contributed by atoms with Gasteiger partial charge in [-0.2, -0.15) is 0 Å². The molecule has 15 heavy (non-hydrogen) atoms. The molecule has 1 aromatic rings. The van der Waals surface area contributed by atoms with Crippen molar-refractivity contribution in [2.75, 3.05) is 13.7 Å². The minimum atomic E-state index is -0.602. The smallest absolute Gasteiger partial charge is 0.325 e. The summed E-state index contributed by atoms with van der Waals surface area (Å²) in [4.78, 5) is 12.8. The zero-order chi connectivity index (χ0) is 11.3. The van der Waals surface area contributed by atoms with Gasteiger partial charge in [0.2, 0.25) is 0 Å². The summed E-state index contributed by atoms with van der Waals surface area (Å²) in [6, 6.07) is 4.04. The number of ether oxygens (including phenoxy) is 1. The van der Waals surface area contributed by atoms with Crippen LogP contribution >= 0.6 is 11.3 Å². The summed E-state index contributed by atoms with van der Waals surface area (Å²) in [7, 11) is 1.75. The normalized spacial score (nSPS) is 11.4. The lowest BCUT2D eigenvalue weighted by Gasteiger charge is -2.21. The second kappa shape index (κ2) is 5.28. The van der Waals surface area contributed by atoms with Gasteiger partial charge in [0.1, 0.15) is 5.54 Å². The van der Waals surface area contributed by atoms with E-state index in [1.807, 2.05) is 17.5 Å². The van der Waals surface area contributed by atoms with Gasteiger partial charge in [-0.3, -0.25) is 4.79 Å². The van der Waals surface area contributed by atoms with E-state index in [-0.39, 0.29) is 5.97 Å². The van der Waals surface area contributed by atoms with Crippen molar-refractivity contribution in [1.82, 2.24) is 5.32 Å².